The average Bonchev–Trinajstić information content (AvgIpc) is 2.13. The zero-order valence-electron chi connectivity index (χ0n) is 7.13. The third kappa shape index (κ3) is 1.52. The van der Waals surface area contributed by atoms with Crippen LogP contribution in [0.5, 0.6) is 0 Å². The molecule has 58 valence electrons. The van der Waals surface area contributed by atoms with E-state index in [1.165, 1.54) is 0 Å². The molecule has 1 fully saturated rings. The van der Waals surface area contributed by atoms with Crippen LogP contribution in [0, 0.1) is 0 Å². The summed E-state index contributed by atoms with van der Waals surface area (Å²) in [5.41, 5.74) is 0. The maximum atomic E-state index is 5.51. The van der Waals surface area contributed by atoms with Crippen molar-refractivity contribution >= 4 is 7.12 Å². The van der Waals surface area contributed by atoms with Gasteiger partial charge in [0.05, 0.1) is 12.2 Å². The predicted octanol–water partition coefficient (Wildman–Crippen LogP) is 1.71. The van der Waals surface area contributed by atoms with Crippen LogP contribution < -0.4 is 0 Å². The Balaban J connectivity index is 2.41. The molecule has 1 saturated heterocycles. The van der Waals surface area contributed by atoms with Crippen LogP contribution in [0.1, 0.15) is 27.7 Å². The first kappa shape index (κ1) is 8.09. The number of hydrogen-bond acceptors (Lipinski definition) is 2. The van der Waals surface area contributed by atoms with Crippen molar-refractivity contribution in [3.05, 3.63) is 0 Å². The second-order valence-electron chi connectivity index (χ2n) is 3.29. The Bertz CT molecular complexity index is 106. The van der Waals surface area contributed by atoms with E-state index in [2.05, 4.69) is 13.8 Å². The maximum Gasteiger partial charge on any atom is 0.460 e. The summed E-state index contributed by atoms with van der Waals surface area (Å²) in [6.45, 7) is 8.31. The standard InChI is InChI=1S/C7H15BO2/c1-5(2)8-9-6(3)7(4)10-8/h5-7H,1-4H3/t6-,7-/m1/s1. The van der Waals surface area contributed by atoms with E-state index in [1.54, 1.807) is 0 Å². The lowest BCUT2D eigenvalue weighted by Crippen LogP contribution is -2.19. The Morgan fingerprint density at radius 2 is 1.50 bits per heavy atom. The van der Waals surface area contributed by atoms with Gasteiger partial charge in [0.25, 0.3) is 0 Å². The van der Waals surface area contributed by atoms with E-state index >= 15 is 0 Å². The fourth-order valence-corrected chi connectivity index (χ4v) is 0.991. The maximum absolute atomic E-state index is 5.51. The van der Waals surface area contributed by atoms with Crippen LogP contribution in [-0.2, 0) is 9.31 Å². The first-order valence-electron chi connectivity index (χ1n) is 3.92. The van der Waals surface area contributed by atoms with Crippen LogP contribution in [0.15, 0.2) is 0 Å². The summed E-state index contributed by atoms with van der Waals surface area (Å²) in [6, 6.07) is 0. The summed E-state index contributed by atoms with van der Waals surface area (Å²) in [6.07, 6.45) is 0.514. The summed E-state index contributed by atoms with van der Waals surface area (Å²) in [4.78, 5) is 0. The predicted molar refractivity (Wildman–Crippen MR) is 41.9 cm³/mol. The third-order valence-electron chi connectivity index (χ3n) is 1.90. The zero-order valence-corrected chi connectivity index (χ0v) is 7.13. The fraction of sp³-hybridized carbons (Fsp3) is 1.00. The SMILES string of the molecule is CC(C)B1O[C@H](C)[C@@H](C)O1. The molecule has 0 N–H and O–H groups in total. The molecule has 1 aliphatic rings. The highest BCUT2D eigenvalue weighted by molar-refractivity contribution is 6.46. The molecule has 0 amide bonds. The van der Waals surface area contributed by atoms with Gasteiger partial charge in [-0.25, -0.2) is 0 Å². The monoisotopic (exact) mass is 142 g/mol. The van der Waals surface area contributed by atoms with Crippen LogP contribution in [0.3, 0.4) is 0 Å². The second-order valence-corrected chi connectivity index (χ2v) is 3.29. The van der Waals surface area contributed by atoms with Gasteiger partial charge in [0, 0.05) is 0 Å². The van der Waals surface area contributed by atoms with Gasteiger partial charge in [-0.15, -0.1) is 0 Å². The molecule has 0 aromatic rings. The van der Waals surface area contributed by atoms with Gasteiger partial charge in [0.2, 0.25) is 0 Å². The van der Waals surface area contributed by atoms with Gasteiger partial charge in [-0.3, -0.25) is 0 Å². The van der Waals surface area contributed by atoms with Gasteiger partial charge < -0.3 is 9.31 Å². The molecule has 2 atom stereocenters. The molecule has 0 unspecified atom stereocenters. The van der Waals surface area contributed by atoms with Crippen LogP contribution in [0.25, 0.3) is 0 Å². The summed E-state index contributed by atoms with van der Waals surface area (Å²) < 4.78 is 11.0. The van der Waals surface area contributed by atoms with E-state index < -0.39 is 0 Å². The molecule has 0 radical (unpaired) electrons. The third-order valence-corrected chi connectivity index (χ3v) is 1.90. The molecular weight excluding hydrogens is 127 g/mol. The summed E-state index contributed by atoms with van der Waals surface area (Å²) >= 11 is 0. The lowest BCUT2D eigenvalue weighted by atomic mass is 9.75. The lowest BCUT2D eigenvalue weighted by Gasteiger charge is -2.06. The quantitative estimate of drug-likeness (QED) is 0.518. The minimum absolute atomic E-state index is 0.0185. The van der Waals surface area contributed by atoms with E-state index in [4.69, 9.17) is 9.31 Å². The molecule has 0 saturated carbocycles. The Morgan fingerprint density at radius 1 is 1.10 bits per heavy atom. The second kappa shape index (κ2) is 2.93. The topological polar surface area (TPSA) is 18.5 Å². The molecule has 1 rings (SSSR count). The summed E-state index contributed by atoms with van der Waals surface area (Å²) in [7, 11) is 0.0185. The molecule has 2 nitrogen and oxygen atoms in total. The minimum Gasteiger partial charge on any atom is -0.406 e. The van der Waals surface area contributed by atoms with Crippen molar-refractivity contribution in [2.45, 2.75) is 45.7 Å². The Hall–Kier alpha value is -0.0151. The molecule has 1 heterocycles. The first-order valence-corrected chi connectivity index (χ1v) is 3.92. The molecule has 0 spiro atoms. The van der Waals surface area contributed by atoms with Gasteiger partial charge in [0.15, 0.2) is 0 Å². The van der Waals surface area contributed by atoms with Crippen LogP contribution in [-0.4, -0.2) is 19.3 Å². The molecule has 0 aliphatic carbocycles. The smallest absolute Gasteiger partial charge is 0.406 e. The average molecular weight is 142 g/mol. The van der Waals surface area contributed by atoms with Gasteiger partial charge >= 0.3 is 7.12 Å². The van der Waals surface area contributed by atoms with Crippen molar-refractivity contribution in [2.75, 3.05) is 0 Å². The van der Waals surface area contributed by atoms with Crippen molar-refractivity contribution in [1.29, 1.82) is 0 Å². The molecule has 0 bridgehead atoms. The van der Waals surface area contributed by atoms with Gasteiger partial charge in [0.1, 0.15) is 0 Å². The zero-order chi connectivity index (χ0) is 7.72. The van der Waals surface area contributed by atoms with E-state index in [-0.39, 0.29) is 19.3 Å². The van der Waals surface area contributed by atoms with E-state index in [0.29, 0.717) is 5.82 Å². The molecule has 1 aliphatic heterocycles. The van der Waals surface area contributed by atoms with Crippen LogP contribution in [0.4, 0.5) is 0 Å². The molecule has 0 aromatic carbocycles. The Labute approximate surface area is 63.0 Å². The minimum atomic E-state index is 0.0185. The molecule has 0 aromatic heterocycles. The van der Waals surface area contributed by atoms with E-state index in [0.717, 1.165) is 0 Å². The van der Waals surface area contributed by atoms with Crippen molar-refractivity contribution in [2.24, 2.45) is 0 Å². The van der Waals surface area contributed by atoms with Crippen molar-refractivity contribution in [3.63, 3.8) is 0 Å². The molecular formula is C7H15BO2. The van der Waals surface area contributed by atoms with Crippen molar-refractivity contribution in [1.82, 2.24) is 0 Å². The summed E-state index contributed by atoms with van der Waals surface area (Å²) in [5.74, 6) is 0.465. The highest BCUT2D eigenvalue weighted by atomic mass is 16.7. The van der Waals surface area contributed by atoms with Crippen molar-refractivity contribution < 1.29 is 9.31 Å². The number of hydrogen-bond donors (Lipinski definition) is 0. The van der Waals surface area contributed by atoms with E-state index in [1.807, 2.05) is 13.8 Å². The highest BCUT2D eigenvalue weighted by Crippen LogP contribution is 2.22. The Kier molecular flexibility index (Phi) is 2.37. The van der Waals surface area contributed by atoms with Crippen LogP contribution in [0.2, 0.25) is 5.82 Å². The first-order chi connectivity index (χ1) is 4.61. The lowest BCUT2D eigenvalue weighted by molar-refractivity contribution is 0.187. The largest absolute Gasteiger partial charge is 0.460 e. The summed E-state index contributed by atoms with van der Waals surface area (Å²) in [5, 5.41) is 0. The van der Waals surface area contributed by atoms with Crippen molar-refractivity contribution in [3.8, 4) is 0 Å². The van der Waals surface area contributed by atoms with Gasteiger partial charge in [-0.05, 0) is 19.7 Å². The van der Waals surface area contributed by atoms with Gasteiger partial charge in [-0.1, -0.05) is 13.8 Å². The molecule has 3 heteroatoms. The fourth-order valence-electron chi connectivity index (χ4n) is 0.991. The Morgan fingerprint density at radius 3 is 1.70 bits per heavy atom. The molecule has 10 heavy (non-hydrogen) atoms. The normalized spacial score (nSPS) is 33.9. The van der Waals surface area contributed by atoms with Crippen LogP contribution >= 0.6 is 0 Å². The van der Waals surface area contributed by atoms with Gasteiger partial charge in [-0.2, -0.15) is 0 Å². The van der Waals surface area contributed by atoms with E-state index in [9.17, 15) is 0 Å². The number of rotatable bonds is 1. The highest BCUT2D eigenvalue weighted by Gasteiger charge is 2.36.